The molecule has 0 aromatic carbocycles. The fourth-order valence-corrected chi connectivity index (χ4v) is 5.46. The van der Waals surface area contributed by atoms with Gasteiger partial charge in [0.15, 0.2) is 0 Å². The minimum atomic E-state index is 0.00821. The van der Waals surface area contributed by atoms with Gasteiger partial charge in [-0.3, -0.25) is 9.69 Å². The first-order valence-electron chi connectivity index (χ1n) is 11.8. The Labute approximate surface area is 192 Å². The average Bonchev–Trinajstić information content (AvgIpc) is 3.58. The minimum Gasteiger partial charge on any atom is -0.378 e. The number of rotatable bonds is 4. The monoisotopic (exact) mass is 451 g/mol. The molecule has 6 heterocycles. The van der Waals surface area contributed by atoms with E-state index in [0.717, 1.165) is 87.1 Å². The molecule has 2 atom stereocenters. The van der Waals surface area contributed by atoms with Gasteiger partial charge in [0.2, 0.25) is 17.8 Å². The van der Waals surface area contributed by atoms with E-state index in [1.807, 2.05) is 0 Å². The first-order chi connectivity index (χ1) is 16.2. The lowest BCUT2D eigenvalue weighted by molar-refractivity contribution is -0.123. The molecule has 2 aromatic heterocycles. The molecule has 2 unspecified atom stereocenters. The molecular formula is C22H29N9O2. The molecule has 0 saturated carbocycles. The van der Waals surface area contributed by atoms with E-state index in [4.69, 9.17) is 20.4 Å². The minimum absolute atomic E-state index is 0.00821. The summed E-state index contributed by atoms with van der Waals surface area (Å²) >= 11 is 0. The molecule has 2 aromatic rings. The summed E-state index contributed by atoms with van der Waals surface area (Å²) < 4.78 is 5.53. The van der Waals surface area contributed by atoms with E-state index in [0.29, 0.717) is 19.3 Å². The third-order valence-electron chi connectivity index (χ3n) is 7.18. The second-order valence-electron chi connectivity index (χ2n) is 9.08. The Morgan fingerprint density at radius 3 is 2.64 bits per heavy atom. The van der Waals surface area contributed by atoms with E-state index < -0.39 is 0 Å². The maximum absolute atomic E-state index is 12.2. The second-order valence-corrected chi connectivity index (χ2v) is 9.08. The Morgan fingerprint density at radius 1 is 1.06 bits per heavy atom. The zero-order chi connectivity index (χ0) is 22.4. The van der Waals surface area contributed by atoms with Crippen molar-refractivity contribution in [1.82, 2.24) is 30.2 Å². The van der Waals surface area contributed by atoms with E-state index in [1.165, 1.54) is 0 Å². The summed E-state index contributed by atoms with van der Waals surface area (Å²) in [5.41, 5.74) is 8.60. The van der Waals surface area contributed by atoms with Crippen LogP contribution < -0.4 is 20.9 Å². The highest BCUT2D eigenvalue weighted by molar-refractivity contribution is 5.83. The van der Waals surface area contributed by atoms with Gasteiger partial charge in [0, 0.05) is 68.8 Å². The molecule has 4 aliphatic rings. The smallest absolute Gasteiger partial charge is 0.237 e. The highest BCUT2D eigenvalue weighted by Gasteiger charge is 2.40. The van der Waals surface area contributed by atoms with Gasteiger partial charge >= 0.3 is 0 Å². The van der Waals surface area contributed by atoms with Crippen molar-refractivity contribution in [2.24, 2.45) is 0 Å². The van der Waals surface area contributed by atoms with Crippen molar-refractivity contribution in [1.29, 1.82) is 0 Å². The molecule has 1 amide bonds. The molecule has 3 saturated heterocycles. The molecule has 0 bridgehead atoms. The number of nitrogens with two attached hydrogens (primary N) is 1. The Kier molecular flexibility index (Phi) is 5.22. The number of fused-ring (bicyclic) bond motifs is 1. The van der Waals surface area contributed by atoms with Gasteiger partial charge in [0.1, 0.15) is 5.82 Å². The molecule has 0 radical (unpaired) electrons. The van der Waals surface area contributed by atoms with Crippen LogP contribution >= 0.6 is 0 Å². The first-order valence-corrected chi connectivity index (χ1v) is 11.8. The highest BCUT2D eigenvalue weighted by atomic mass is 16.5. The molecule has 174 valence electrons. The van der Waals surface area contributed by atoms with E-state index in [2.05, 4.69) is 30.0 Å². The van der Waals surface area contributed by atoms with E-state index in [9.17, 15) is 4.79 Å². The summed E-state index contributed by atoms with van der Waals surface area (Å²) in [6, 6.07) is 0.344. The van der Waals surface area contributed by atoms with Gasteiger partial charge in [-0.05, 0) is 19.3 Å². The fraction of sp³-hybridized carbons (Fsp3) is 0.591. The van der Waals surface area contributed by atoms with Gasteiger partial charge in [-0.15, -0.1) is 0 Å². The first kappa shape index (κ1) is 20.5. The lowest BCUT2D eigenvalue weighted by atomic mass is 10.1. The third-order valence-corrected chi connectivity index (χ3v) is 7.18. The van der Waals surface area contributed by atoms with E-state index in [-0.39, 0.29) is 17.9 Å². The Bertz CT molecular complexity index is 1040. The van der Waals surface area contributed by atoms with Crippen molar-refractivity contribution in [3.63, 3.8) is 0 Å². The number of nitrogen functional groups attached to an aromatic ring is 1. The Hall–Kier alpha value is -3.05. The molecule has 0 aliphatic carbocycles. The molecule has 6 rings (SSSR count). The number of carbonyl (C=O) groups excluding carboxylic acids is 1. The summed E-state index contributed by atoms with van der Waals surface area (Å²) in [6.07, 6.45) is 6.28. The van der Waals surface area contributed by atoms with Gasteiger partial charge in [-0.1, -0.05) is 0 Å². The number of amides is 1. The van der Waals surface area contributed by atoms with Crippen LogP contribution in [0.5, 0.6) is 0 Å². The fourth-order valence-electron chi connectivity index (χ4n) is 5.46. The maximum Gasteiger partial charge on any atom is 0.237 e. The second kappa shape index (κ2) is 8.38. The maximum atomic E-state index is 12.2. The number of hydrogen-bond donors (Lipinski definition) is 2. The van der Waals surface area contributed by atoms with Gasteiger partial charge in [-0.25, -0.2) is 15.0 Å². The number of hydrogen-bond acceptors (Lipinski definition) is 10. The van der Waals surface area contributed by atoms with Gasteiger partial charge in [-0.2, -0.15) is 4.98 Å². The Morgan fingerprint density at radius 2 is 1.88 bits per heavy atom. The normalized spacial score (nSPS) is 25.5. The summed E-state index contributed by atoms with van der Waals surface area (Å²) in [5, 5.41) is 2.97. The predicted molar refractivity (Wildman–Crippen MR) is 123 cm³/mol. The van der Waals surface area contributed by atoms with Gasteiger partial charge < -0.3 is 25.6 Å². The quantitative estimate of drug-likeness (QED) is 0.639. The molecule has 11 nitrogen and oxygen atoms in total. The summed E-state index contributed by atoms with van der Waals surface area (Å²) in [6.45, 7) is 6.38. The molecule has 3 N–H and O–H groups in total. The number of likely N-dealkylation sites (tertiary alicyclic amines) is 1. The summed E-state index contributed by atoms with van der Waals surface area (Å²) in [5.74, 6) is 2.14. The average molecular weight is 452 g/mol. The molecule has 33 heavy (non-hydrogen) atoms. The molecule has 4 aliphatic heterocycles. The molecule has 0 spiro atoms. The number of carbonyl (C=O) groups is 1. The largest absolute Gasteiger partial charge is 0.378 e. The van der Waals surface area contributed by atoms with Crippen LogP contribution in [0.25, 0.3) is 11.3 Å². The highest BCUT2D eigenvalue weighted by Crippen LogP contribution is 2.38. The summed E-state index contributed by atoms with van der Waals surface area (Å²) in [7, 11) is 0. The van der Waals surface area contributed by atoms with Crippen LogP contribution in [0.1, 0.15) is 18.4 Å². The van der Waals surface area contributed by atoms with Crippen molar-refractivity contribution in [3.05, 3.63) is 18.0 Å². The van der Waals surface area contributed by atoms with Gasteiger partial charge in [0.05, 0.1) is 24.9 Å². The van der Waals surface area contributed by atoms with Crippen LogP contribution in [-0.4, -0.2) is 95.3 Å². The SMILES string of the molecule is Nc1ncc(-c2nc(N3CCOCC3)nc3c2CCN3C2CCN(C3CCNC3=O)C2)cn1. The lowest BCUT2D eigenvalue weighted by Crippen LogP contribution is -2.42. The van der Waals surface area contributed by atoms with Crippen LogP contribution in [0.3, 0.4) is 0 Å². The van der Waals surface area contributed by atoms with Crippen molar-refractivity contribution >= 4 is 23.6 Å². The summed E-state index contributed by atoms with van der Waals surface area (Å²) in [4.78, 5) is 37.6. The standard InChI is InChI=1S/C22H29N9O2/c23-21-25-11-14(12-26-21)18-16-3-6-31(15-2-5-30(13-15)17-1-4-24-20(17)32)19(16)28-22(27-18)29-7-9-33-10-8-29/h11-12,15,17H,1-10,13H2,(H,24,32)(H2,23,25,26). The number of nitrogens with one attached hydrogen (secondary N) is 1. The topological polar surface area (TPSA) is 126 Å². The third kappa shape index (κ3) is 3.74. The van der Waals surface area contributed by atoms with Crippen LogP contribution in [0, 0.1) is 0 Å². The van der Waals surface area contributed by atoms with Crippen molar-refractivity contribution in [2.45, 2.75) is 31.3 Å². The van der Waals surface area contributed by atoms with Crippen LogP contribution in [0.2, 0.25) is 0 Å². The van der Waals surface area contributed by atoms with Gasteiger partial charge in [0.25, 0.3) is 0 Å². The molecular weight excluding hydrogens is 422 g/mol. The number of nitrogens with zero attached hydrogens (tertiary/aromatic N) is 7. The number of anilines is 3. The van der Waals surface area contributed by atoms with Crippen LogP contribution in [0.15, 0.2) is 12.4 Å². The number of aromatic nitrogens is 4. The van der Waals surface area contributed by atoms with Crippen LogP contribution in [-0.2, 0) is 16.0 Å². The van der Waals surface area contributed by atoms with E-state index in [1.54, 1.807) is 12.4 Å². The van der Waals surface area contributed by atoms with Crippen LogP contribution in [0.4, 0.5) is 17.7 Å². The van der Waals surface area contributed by atoms with Crippen molar-refractivity contribution in [2.75, 3.05) is 68.0 Å². The Balaban J connectivity index is 1.34. The predicted octanol–water partition coefficient (Wildman–Crippen LogP) is -0.322. The van der Waals surface area contributed by atoms with Crippen molar-refractivity contribution < 1.29 is 9.53 Å². The van der Waals surface area contributed by atoms with E-state index >= 15 is 0 Å². The number of ether oxygens (including phenoxy) is 1. The number of morpholine rings is 1. The molecule has 11 heteroatoms. The zero-order valence-electron chi connectivity index (χ0n) is 18.6. The zero-order valence-corrected chi connectivity index (χ0v) is 18.6. The lowest BCUT2D eigenvalue weighted by Gasteiger charge is -2.30. The molecule has 3 fully saturated rings. The van der Waals surface area contributed by atoms with Crippen molar-refractivity contribution in [3.8, 4) is 11.3 Å².